The van der Waals surface area contributed by atoms with Gasteiger partial charge < -0.3 is 4.74 Å². The van der Waals surface area contributed by atoms with Crippen molar-refractivity contribution >= 4 is 34.8 Å². The van der Waals surface area contributed by atoms with Crippen LogP contribution in [0.2, 0.25) is 5.02 Å². The standard InChI is InChI=1S/C15H9ClN2O5/c1-23-13-7-11(18(21)22)10(16)6-12(13)17-14(19)8-4-2-3-5-9(8)15(17)20/h2-7H,1H3. The van der Waals surface area contributed by atoms with Crippen LogP contribution in [0, 0.1) is 10.1 Å². The van der Waals surface area contributed by atoms with Gasteiger partial charge in [0.2, 0.25) is 0 Å². The number of hydrogen-bond acceptors (Lipinski definition) is 5. The summed E-state index contributed by atoms with van der Waals surface area (Å²) in [6.45, 7) is 0. The summed E-state index contributed by atoms with van der Waals surface area (Å²) in [6, 6.07) is 8.63. The molecule has 7 nitrogen and oxygen atoms in total. The van der Waals surface area contributed by atoms with E-state index in [0.717, 1.165) is 11.0 Å². The lowest BCUT2D eigenvalue weighted by Gasteiger charge is -2.17. The average Bonchev–Trinajstić information content (AvgIpc) is 2.78. The molecule has 2 aromatic rings. The highest BCUT2D eigenvalue weighted by atomic mass is 35.5. The van der Waals surface area contributed by atoms with E-state index >= 15 is 0 Å². The van der Waals surface area contributed by atoms with Gasteiger partial charge in [0, 0.05) is 0 Å². The Morgan fingerprint density at radius 3 is 2.17 bits per heavy atom. The van der Waals surface area contributed by atoms with E-state index in [9.17, 15) is 19.7 Å². The highest BCUT2D eigenvalue weighted by Gasteiger charge is 2.38. The monoisotopic (exact) mass is 332 g/mol. The summed E-state index contributed by atoms with van der Waals surface area (Å²) in [7, 11) is 1.29. The number of hydrogen-bond donors (Lipinski definition) is 0. The number of nitro groups is 1. The van der Waals surface area contributed by atoms with Crippen molar-refractivity contribution in [3.63, 3.8) is 0 Å². The molecule has 0 aliphatic carbocycles. The second-order valence-corrected chi connectivity index (χ2v) is 5.13. The Hall–Kier alpha value is -2.93. The number of fused-ring (bicyclic) bond motifs is 1. The Morgan fingerprint density at radius 1 is 1.13 bits per heavy atom. The van der Waals surface area contributed by atoms with E-state index in [4.69, 9.17) is 16.3 Å². The van der Waals surface area contributed by atoms with Crippen LogP contribution in [0.5, 0.6) is 5.75 Å². The Balaban J connectivity index is 2.17. The molecule has 2 amide bonds. The Morgan fingerprint density at radius 2 is 1.70 bits per heavy atom. The fraction of sp³-hybridized carbons (Fsp3) is 0.0667. The number of amides is 2. The van der Waals surface area contributed by atoms with Gasteiger partial charge >= 0.3 is 0 Å². The number of ether oxygens (including phenoxy) is 1. The number of rotatable bonds is 3. The van der Waals surface area contributed by atoms with Crippen molar-refractivity contribution in [2.24, 2.45) is 0 Å². The summed E-state index contributed by atoms with van der Waals surface area (Å²) in [5, 5.41) is 10.8. The van der Waals surface area contributed by atoms with Crippen LogP contribution >= 0.6 is 11.6 Å². The van der Waals surface area contributed by atoms with Crippen LogP contribution < -0.4 is 9.64 Å². The first-order valence-electron chi connectivity index (χ1n) is 6.45. The lowest BCUT2D eigenvalue weighted by atomic mass is 10.1. The van der Waals surface area contributed by atoms with Crippen LogP contribution in [0.4, 0.5) is 11.4 Å². The molecule has 1 heterocycles. The molecule has 0 N–H and O–H groups in total. The molecule has 0 saturated heterocycles. The second-order valence-electron chi connectivity index (χ2n) is 4.72. The Labute approximate surface area is 135 Å². The summed E-state index contributed by atoms with van der Waals surface area (Å²) in [4.78, 5) is 36.1. The molecule has 2 aromatic carbocycles. The predicted molar refractivity (Wildman–Crippen MR) is 82.2 cm³/mol. The van der Waals surface area contributed by atoms with Crippen LogP contribution in [-0.2, 0) is 0 Å². The Kier molecular flexibility index (Phi) is 3.49. The van der Waals surface area contributed by atoms with Gasteiger partial charge in [-0.2, -0.15) is 0 Å². The SMILES string of the molecule is COc1cc([N+](=O)[O-])c(Cl)cc1N1C(=O)c2ccccc2C1=O. The summed E-state index contributed by atoms with van der Waals surface area (Å²) in [5.41, 5.74) is 0.209. The molecule has 1 aliphatic heterocycles. The van der Waals surface area contributed by atoms with E-state index in [1.807, 2.05) is 0 Å². The summed E-state index contributed by atoms with van der Waals surface area (Å²) >= 11 is 5.89. The lowest BCUT2D eigenvalue weighted by Crippen LogP contribution is -2.29. The maximum Gasteiger partial charge on any atom is 0.291 e. The first-order valence-corrected chi connectivity index (χ1v) is 6.83. The Bertz CT molecular complexity index is 830. The summed E-state index contributed by atoms with van der Waals surface area (Å²) < 4.78 is 5.09. The molecule has 3 rings (SSSR count). The van der Waals surface area contributed by atoms with Crippen LogP contribution in [0.15, 0.2) is 36.4 Å². The third-order valence-electron chi connectivity index (χ3n) is 3.48. The van der Waals surface area contributed by atoms with Crippen LogP contribution in [0.3, 0.4) is 0 Å². The van der Waals surface area contributed by atoms with Gasteiger partial charge in [-0.3, -0.25) is 19.7 Å². The normalized spacial score (nSPS) is 13.2. The molecule has 0 aromatic heterocycles. The third-order valence-corrected chi connectivity index (χ3v) is 3.78. The minimum Gasteiger partial charge on any atom is -0.494 e. The fourth-order valence-electron chi connectivity index (χ4n) is 2.42. The molecule has 0 radical (unpaired) electrons. The molecule has 0 atom stereocenters. The largest absolute Gasteiger partial charge is 0.494 e. The number of methoxy groups -OCH3 is 1. The summed E-state index contributed by atoms with van der Waals surface area (Å²) in [5.74, 6) is -1.06. The van der Waals surface area contributed by atoms with Crippen LogP contribution in [-0.4, -0.2) is 23.8 Å². The van der Waals surface area contributed by atoms with Crippen molar-refractivity contribution in [1.82, 2.24) is 0 Å². The van der Waals surface area contributed by atoms with Crippen molar-refractivity contribution in [2.75, 3.05) is 12.0 Å². The van der Waals surface area contributed by atoms with Gasteiger partial charge in [0.25, 0.3) is 17.5 Å². The van der Waals surface area contributed by atoms with Gasteiger partial charge in [-0.1, -0.05) is 23.7 Å². The zero-order valence-corrected chi connectivity index (χ0v) is 12.5. The number of benzene rings is 2. The maximum atomic E-state index is 12.5. The topological polar surface area (TPSA) is 89.8 Å². The number of nitro benzene ring substituents is 1. The van der Waals surface area contributed by atoms with Gasteiger partial charge in [-0.05, 0) is 18.2 Å². The molecule has 0 saturated carbocycles. The highest BCUT2D eigenvalue weighted by molar-refractivity contribution is 6.36. The number of imide groups is 1. The van der Waals surface area contributed by atoms with E-state index < -0.39 is 16.7 Å². The quantitative estimate of drug-likeness (QED) is 0.489. The van der Waals surface area contributed by atoms with E-state index in [-0.39, 0.29) is 33.3 Å². The molecule has 116 valence electrons. The van der Waals surface area contributed by atoms with E-state index in [2.05, 4.69) is 0 Å². The number of nitrogens with zero attached hydrogens (tertiary/aromatic N) is 2. The minimum absolute atomic E-state index is 0.00982. The zero-order valence-electron chi connectivity index (χ0n) is 11.8. The number of carbonyl (C=O) groups excluding carboxylic acids is 2. The van der Waals surface area contributed by atoms with E-state index in [0.29, 0.717) is 0 Å². The third kappa shape index (κ3) is 2.22. The number of carbonyl (C=O) groups is 2. The van der Waals surface area contributed by atoms with Crippen molar-refractivity contribution in [2.45, 2.75) is 0 Å². The number of halogens is 1. The minimum atomic E-state index is -0.670. The van der Waals surface area contributed by atoms with Gasteiger partial charge in [0.1, 0.15) is 10.8 Å². The first kappa shape index (κ1) is 15.0. The molecule has 0 fully saturated rings. The van der Waals surface area contributed by atoms with Crippen LogP contribution in [0.1, 0.15) is 20.7 Å². The number of anilines is 1. The van der Waals surface area contributed by atoms with Gasteiger partial charge in [-0.25, -0.2) is 4.90 Å². The second kappa shape index (κ2) is 5.36. The van der Waals surface area contributed by atoms with Gasteiger partial charge in [0.15, 0.2) is 0 Å². The van der Waals surface area contributed by atoms with Crippen molar-refractivity contribution in [3.05, 3.63) is 62.7 Å². The highest BCUT2D eigenvalue weighted by Crippen LogP contribution is 2.40. The van der Waals surface area contributed by atoms with Gasteiger partial charge in [0.05, 0.1) is 34.9 Å². The smallest absolute Gasteiger partial charge is 0.291 e. The molecule has 8 heteroatoms. The predicted octanol–water partition coefficient (Wildman–Crippen LogP) is 3.06. The van der Waals surface area contributed by atoms with E-state index in [1.54, 1.807) is 12.1 Å². The average molecular weight is 333 g/mol. The van der Waals surface area contributed by atoms with Crippen molar-refractivity contribution in [3.8, 4) is 5.75 Å². The maximum absolute atomic E-state index is 12.5. The van der Waals surface area contributed by atoms with Crippen molar-refractivity contribution < 1.29 is 19.2 Å². The lowest BCUT2D eigenvalue weighted by molar-refractivity contribution is -0.384. The fourth-order valence-corrected chi connectivity index (χ4v) is 2.65. The molecule has 0 unspecified atom stereocenters. The van der Waals surface area contributed by atoms with Crippen LogP contribution in [0.25, 0.3) is 0 Å². The molecular formula is C15H9ClN2O5. The van der Waals surface area contributed by atoms with Crippen molar-refractivity contribution in [1.29, 1.82) is 0 Å². The molecule has 1 aliphatic rings. The zero-order chi connectivity index (χ0) is 16.7. The van der Waals surface area contributed by atoms with Gasteiger partial charge in [-0.15, -0.1) is 0 Å². The molecular weight excluding hydrogens is 324 g/mol. The van der Waals surface area contributed by atoms with E-state index in [1.165, 1.54) is 25.3 Å². The molecule has 0 bridgehead atoms. The first-order chi connectivity index (χ1) is 11.0. The summed E-state index contributed by atoms with van der Waals surface area (Å²) in [6.07, 6.45) is 0. The molecule has 23 heavy (non-hydrogen) atoms. The molecule has 0 spiro atoms.